The molecule has 0 saturated heterocycles. The first-order valence-electron chi connectivity index (χ1n) is 4.23. The highest BCUT2D eigenvalue weighted by Crippen LogP contribution is 2.18. The molecule has 0 spiro atoms. The average Bonchev–Trinajstić information content (AvgIpc) is 2.01. The fourth-order valence-corrected chi connectivity index (χ4v) is 2.30. The zero-order valence-electron chi connectivity index (χ0n) is 7.72. The van der Waals surface area contributed by atoms with Gasteiger partial charge < -0.3 is 4.72 Å². The molecule has 78 valence electrons. The summed E-state index contributed by atoms with van der Waals surface area (Å²) in [5.74, 6) is 0.212. The lowest BCUT2D eigenvalue weighted by Crippen LogP contribution is -2.07. The van der Waals surface area contributed by atoms with E-state index < -0.39 is 11.0 Å². The Morgan fingerprint density at radius 2 is 2.21 bits per heavy atom. The first-order chi connectivity index (χ1) is 6.61. The van der Waals surface area contributed by atoms with Crippen molar-refractivity contribution in [1.82, 2.24) is 0 Å². The summed E-state index contributed by atoms with van der Waals surface area (Å²) in [5.41, 5.74) is 0.531. The lowest BCUT2D eigenvalue weighted by molar-refractivity contribution is 0.627. The topological polar surface area (TPSA) is 29.1 Å². The maximum Gasteiger partial charge on any atom is 0.126 e. The van der Waals surface area contributed by atoms with Crippen LogP contribution in [0.3, 0.4) is 0 Å². The maximum atomic E-state index is 12.9. The van der Waals surface area contributed by atoms with Gasteiger partial charge >= 0.3 is 0 Å². The number of hydrogen-bond donors (Lipinski definition) is 1. The Kier molecular flexibility index (Phi) is 4.54. The quantitative estimate of drug-likeness (QED) is 0.902. The molecule has 0 amide bonds. The molecule has 0 aliphatic heterocycles. The molecule has 5 heteroatoms. The zero-order chi connectivity index (χ0) is 10.6. The van der Waals surface area contributed by atoms with Crippen molar-refractivity contribution in [3.63, 3.8) is 0 Å². The van der Waals surface area contributed by atoms with Gasteiger partial charge in [-0.2, -0.15) is 0 Å². The number of nitrogens with one attached hydrogen (secondary N) is 1. The van der Waals surface area contributed by atoms with Gasteiger partial charge in [-0.15, -0.1) is 0 Å². The van der Waals surface area contributed by atoms with E-state index in [9.17, 15) is 8.60 Å². The van der Waals surface area contributed by atoms with E-state index in [-0.39, 0.29) is 5.82 Å². The van der Waals surface area contributed by atoms with Gasteiger partial charge in [0.1, 0.15) is 16.8 Å². The van der Waals surface area contributed by atoms with Crippen LogP contribution >= 0.6 is 15.9 Å². The molecule has 1 aromatic carbocycles. The molecule has 1 rings (SSSR count). The summed E-state index contributed by atoms with van der Waals surface area (Å²) >= 11 is 3.16. The molecule has 1 aromatic rings. The summed E-state index contributed by atoms with van der Waals surface area (Å²) in [7, 11) is -1.13. The molecule has 0 radical (unpaired) electrons. The molecule has 1 N–H and O–H groups in total. The Labute approximate surface area is 93.6 Å². The average molecular weight is 280 g/mol. The van der Waals surface area contributed by atoms with Crippen LogP contribution < -0.4 is 4.72 Å². The zero-order valence-corrected chi connectivity index (χ0v) is 10.1. The van der Waals surface area contributed by atoms with E-state index in [1.54, 1.807) is 6.07 Å². The van der Waals surface area contributed by atoms with Gasteiger partial charge in [0.2, 0.25) is 0 Å². The van der Waals surface area contributed by atoms with Crippen molar-refractivity contribution in [3.8, 4) is 0 Å². The summed E-state index contributed by atoms with van der Waals surface area (Å²) in [6.07, 6.45) is 0.829. The van der Waals surface area contributed by atoms with Crippen molar-refractivity contribution in [2.45, 2.75) is 13.3 Å². The maximum absolute atomic E-state index is 12.9. The van der Waals surface area contributed by atoms with Gasteiger partial charge in [0.05, 0.1) is 5.69 Å². The molecule has 0 aromatic heterocycles. The third kappa shape index (κ3) is 3.75. The van der Waals surface area contributed by atoms with Crippen LogP contribution in [0.1, 0.15) is 13.3 Å². The molecule has 0 aliphatic rings. The molecule has 14 heavy (non-hydrogen) atoms. The van der Waals surface area contributed by atoms with E-state index in [0.29, 0.717) is 15.9 Å². The van der Waals surface area contributed by atoms with Crippen LogP contribution in [0.5, 0.6) is 0 Å². The third-order valence-electron chi connectivity index (χ3n) is 1.48. The smallest absolute Gasteiger partial charge is 0.126 e. The van der Waals surface area contributed by atoms with Crippen molar-refractivity contribution < 1.29 is 8.60 Å². The predicted octanol–water partition coefficient (Wildman–Crippen LogP) is 3.07. The molecule has 0 fully saturated rings. The van der Waals surface area contributed by atoms with E-state index in [4.69, 9.17) is 0 Å². The number of rotatable bonds is 4. The lowest BCUT2D eigenvalue weighted by Gasteiger charge is -2.05. The molecule has 2 nitrogen and oxygen atoms in total. The SMILES string of the molecule is CCCS(=O)Nc1cc(F)cc(Br)c1. The van der Waals surface area contributed by atoms with Crippen LogP contribution in [0.2, 0.25) is 0 Å². The van der Waals surface area contributed by atoms with Gasteiger partial charge in [0.15, 0.2) is 0 Å². The molecular formula is C9H11BrFNOS. The van der Waals surface area contributed by atoms with Gasteiger partial charge in [-0.25, -0.2) is 8.60 Å². The minimum absolute atomic E-state index is 0.352. The normalized spacial score (nSPS) is 12.5. The molecule has 0 bridgehead atoms. The second-order valence-corrected chi connectivity index (χ2v) is 5.03. The molecule has 0 heterocycles. The number of anilines is 1. The van der Waals surface area contributed by atoms with Crippen LogP contribution in [0.25, 0.3) is 0 Å². The predicted molar refractivity (Wildman–Crippen MR) is 61.0 cm³/mol. The Bertz CT molecular complexity index is 325. The van der Waals surface area contributed by atoms with Crippen molar-refractivity contribution in [1.29, 1.82) is 0 Å². The van der Waals surface area contributed by atoms with E-state index in [1.165, 1.54) is 12.1 Å². The highest BCUT2D eigenvalue weighted by atomic mass is 79.9. The number of benzene rings is 1. The highest BCUT2D eigenvalue weighted by Gasteiger charge is 2.01. The lowest BCUT2D eigenvalue weighted by atomic mass is 10.3. The molecule has 0 saturated carbocycles. The fourth-order valence-electron chi connectivity index (χ4n) is 0.981. The van der Waals surface area contributed by atoms with Crippen molar-refractivity contribution >= 4 is 32.6 Å². The van der Waals surface area contributed by atoms with E-state index in [0.717, 1.165) is 6.42 Å². The second-order valence-electron chi connectivity index (χ2n) is 2.81. The highest BCUT2D eigenvalue weighted by molar-refractivity contribution is 9.10. The van der Waals surface area contributed by atoms with Gasteiger partial charge in [-0.1, -0.05) is 22.9 Å². The summed E-state index contributed by atoms with van der Waals surface area (Å²) in [6.45, 7) is 1.95. The van der Waals surface area contributed by atoms with E-state index >= 15 is 0 Å². The van der Waals surface area contributed by atoms with Crippen molar-refractivity contribution in [2.75, 3.05) is 10.5 Å². The summed E-state index contributed by atoms with van der Waals surface area (Å²) in [6, 6.07) is 4.36. The second kappa shape index (κ2) is 5.46. The van der Waals surface area contributed by atoms with Crippen LogP contribution in [0, 0.1) is 5.82 Å². The molecule has 0 aliphatic carbocycles. The number of hydrogen-bond acceptors (Lipinski definition) is 1. The van der Waals surface area contributed by atoms with Gasteiger partial charge in [-0.3, -0.25) is 0 Å². The van der Waals surface area contributed by atoms with Crippen LogP contribution in [-0.4, -0.2) is 9.96 Å². The van der Waals surface area contributed by atoms with Crippen molar-refractivity contribution in [2.24, 2.45) is 0 Å². The van der Waals surface area contributed by atoms with Crippen LogP contribution in [0.4, 0.5) is 10.1 Å². The Morgan fingerprint density at radius 1 is 1.50 bits per heavy atom. The van der Waals surface area contributed by atoms with Gasteiger partial charge in [-0.05, 0) is 24.6 Å². The largest absolute Gasteiger partial charge is 0.305 e. The third-order valence-corrected chi connectivity index (χ3v) is 3.18. The molecular weight excluding hydrogens is 269 g/mol. The van der Waals surface area contributed by atoms with Crippen molar-refractivity contribution in [3.05, 3.63) is 28.5 Å². The van der Waals surface area contributed by atoms with Gasteiger partial charge in [0.25, 0.3) is 0 Å². The fraction of sp³-hybridized carbons (Fsp3) is 0.333. The molecule has 1 atom stereocenters. The van der Waals surface area contributed by atoms with Crippen LogP contribution in [-0.2, 0) is 11.0 Å². The Morgan fingerprint density at radius 3 is 2.79 bits per heavy atom. The molecule has 1 unspecified atom stereocenters. The Hall–Kier alpha value is -0.420. The minimum atomic E-state index is -1.13. The minimum Gasteiger partial charge on any atom is -0.305 e. The van der Waals surface area contributed by atoms with E-state index in [1.807, 2.05) is 6.92 Å². The monoisotopic (exact) mass is 279 g/mol. The summed E-state index contributed by atoms with van der Waals surface area (Å²) in [4.78, 5) is 0. The van der Waals surface area contributed by atoms with Gasteiger partial charge in [0, 0.05) is 10.2 Å². The van der Waals surface area contributed by atoms with E-state index in [2.05, 4.69) is 20.7 Å². The Balaban J connectivity index is 2.71. The first-order valence-corrected chi connectivity index (χ1v) is 6.34. The summed E-state index contributed by atoms with van der Waals surface area (Å²) in [5, 5.41) is 0. The standard InChI is InChI=1S/C9H11BrFNOS/c1-2-3-14(13)12-9-5-7(10)4-8(11)6-9/h4-6,12H,2-3H2,1H3. The first kappa shape index (κ1) is 11.7. The summed E-state index contributed by atoms with van der Waals surface area (Å²) < 4.78 is 27.6. The number of halogens is 2. The van der Waals surface area contributed by atoms with Crippen LogP contribution in [0.15, 0.2) is 22.7 Å².